The van der Waals surface area contributed by atoms with Gasteiger partial charge in [-0.1, -0.05) is 0 Å². The van der Waals surface area contributed by atoms with Crippen molar-refractivity contribution in [2.24, 2.45) is 10.7 Å². The lowest BCUT2D eigenvalue weighted by atomic mass is 10.1. The Morgan fingerprint density at radius 3 is 2.84 bits per heavy atom. The number of hydrogen-bond donors (Lipinski definition) is 1. The molecule has 19 heavy (non-hydrogen) atoms. The molecular weight excluding hydrogens is 248 g/mol. The number of nitro groups is 1. The van der Waals surface area contributed by atoms with E-state index in [1.165, 1.54) is 23.5 Å². The summed E-state index contributed by atoms with van der Waals surface area (Å²) in [6.45, 7) is 2.88. The molecule has 2 rings (SSSR count). The molecule has 8 heteroatoms. The van der Waals surface area contributed by atoms with Crippen molar-refractivity contribution in [3.63, 3.8) is 0 Å². The first kappa shape index (κ1) is 13.3. The number of nitrogens with two attached hydrogens (primary N) is 1. The highest BCUT2D eigenvalue weighted by Crippen LogP contribution is 2.09. The zero-order chi connectivity index (χ0) is 13.7. The summed E-state index contributed by atoms with van der Waals surface area (Å²) in [6, 6.07) is 0. The molecule has 0 aromatic carbocycles. The van der Waals surface area contributed by atoms with E-state index >= 15 is 0 Å². The van der Waals surface area contributed by atoms with Crippen molar-refractivity contribution >= 4 is 11.6 Å². The molecule has 0 unspecified atom stereocenters. The maximum absolute atomic E-state index is 10.5. The number of likely N-dealkylation sites (tertiary alicyclic amines) is 1. The van der Waals surface area contributed by atoms with Gasteiger partial charge >= 0.3 is 5.69 Å². The first-order valence-corrected chi connectivity index (χ1v) is 6.38. The molecule has 1 saturated heterocycles. The van der Waals surface area contributed by atoms with Gasteiger partial charge in [-0.2, -0.15) is 5.10 Å². The largest absolute Gasteiger partial charge is 0.370 e. The molecule has 1 aromatic rings. The highest BCUT2D eigenvalue weighted by Gasteiger charge is 2.12. The minimum Gasteiger partial charge on any atom is -0.370 e. The van der Waals surface area contributed by atoms with Crippen LogP contribution in [-0.4, -0.2) is 45.2 Å². The Kier molecular flexibility index (Phi) is 4.32. The number of aliphatic imine (C=N–C) groups is 1. The zero-order valence-corrected chi connectivity index (χ0v) is 10.7. The molecule has 104 valence electrons. The standard InChI is InChI=1S/C11H18N6O2/c12-11(15-5-2-1-3-6-15)13-4-7-16-9-10(8-14-16)17(18)19/h8-9H,1-7H2,(H2,12,13). The Bertz CT molecular complexity index is 464. The molecule has 0 aliphatic carbocycles. The third-order valence-corrected chi connectivity index (χ3v) is 3.11. The fourth-order valence-electron chi connectivity index (χ4n) is 2.06. The van der Waals surface area contributed by atoms with E-state index in [4.69, 9.17) is 5.73 Å². The Labute approximate surface area is 111 Å². The molecule has 1 fully saturated rings. The van der Waals surface area contributed by atoms with Crippen LogP contribution < -0.4 is 5.73 Å². The lowest BCUT2D eigenvalue weighted by Crippen LogP contribution is -2.41. The van der Waals surface area contributed by atoms with Crippen molar-refractivity contribution < 1.29 is 4.92 Å². The quantitative estimate of drug-likeness (QED) is 0.372. The zero-order valence-electron chi connectivity index (χ0n) is 10.7. The average Bonchev–Trinajstić information content (AvgIpc) is 2.89. The Morgan fingerprint density at radius 2 is 2.21 bits per heavy atom. The molecule has 0 radical (unpaired) electrons. The minimum absolute atomic E-state index is 0.00650. The number of aromatic nitrogens is 2. The number of rotatable bonds is 4. The van der Waals surface area contributed by atoms with Crippen LogP contribution in [0.3, 0.4) is 0 Å². The van der Waals surface area contributed by atoms with Crippen molar-refractivity contribution in [1.29, 1.82) is 0 Å². The molecule has 0 bridgehead atoms. The molecular formula is C11H18N6O2. The summed E-state index contributed by atoms with van der Waals surface area (Å²) in [6.07, 6.45) is 6.19. The van der Waals surface area contributed by atoms with Gasteiger partial charge in [0.25, 0.3) is 0 Å². The van der Waals surface area contributed by atoms with Gasteiger partial charge < -0.3 is 10.6 Å². The van der Waals surface area contributed by atoms with Gasteiger partial charge in [0, 0.05) is 13.1 Å². The lowest BCUT2D eigenvalue weighted by molar-refractivity contribution is -0.385. The molecule has 1 aromatic heterocycles. The lowest BCUT2D eigenvalue weighted by Gasteiger charge is -2.27. The summed E-state index contributed by atoms with van der Waals surface area (Å²) in [5, 5.41) is 14.4. The van der Waals surface area contributed by atoms with E-state index in [2.05, 4.69) is 15.0 Å². The molecule has 0 saturated carbocycles. The van der Waals surface area contributed by atoms with Crippen LogP contribution in [0.5, 0.6) is 0 Å². The highest BCUT2D eigenvalue weighted by molar-refractivity contribution is 5.78. The van der Waals surface area contributed by atoms with Gasteiger partial charge in [-0.15, -0.1) is 0 Å². The van der Waals surface area contributed by atoms with Crippen molar-refractivity contribution in [3.05, 3.63) is 22.5 Å². The van der Waals surface area contributed by atoms with Crippen LogP contribution in [0.25, 0.3) is 0 Å². The SMILES string of the molecule is NC(=NCCn1cc([N+](=O)[O-])cn1)N1CCCCC1. The number of nitrogens with zero attached hydrogens (tertiary/aromatic N) is 5. The van der Waals surface area contributed by atoms with Crippen LogP contribution >= 0.6 is 0 Å². The Morgan fingerprint density at radius 1 is 1.47 bits per heavy atom. The predicted octanol–water partition coefficient (Wildman–Crippen LogP) is 0.592. The van der Waals surface area contributed by atoms with Crippen LogP contribution in [0.15, 0.2) is 17.4 Å². The number of piperidine rings is 1. The summed E-state index contributed by atoms with van der Waals surface area (Å²) < 4.78 is 1.51. The molecule has 2 heterocycles. The van der Waals surface area contributed by atoms with Gasteiger partial charge in [0.15, 0.2) is 5.96 Å². The van der Waals surface area contributed by atoms with Crippen LogP contribution in [0, 0.1) is 10.1 Å². The maximum atomic E-state index is 10.5. The third kappa shape index (κ3) is 3.67. The van der Waals surface area contributed by atoms with Gasteiger partial charge in [-0.05, 0) is 19.3 Å². The van der Waals surface area contributed by atoms with Gasteiger partial charge in [0.1, 0.15) is 12.4 Å². The summed E-state index contributed by atoms with van der Waals surface area (Å²) >= 11 is 0. The second-order valence-electron chi connectivity index (χ2n) is 4.51. The second-order valence-corrected chi connectivity index (χ2v) is 4.51. The fraction of sp³-hybridized carbons (Fsp3) is 0.636. The smallest absolute Gasteiger partial charge is 0.306 e. The molecule has 1 aliphatic rings. The van der Waals surface area contributed by atoms with Crippen LogP contribution in [0.4, 0.5) is 5.69 Å². The molecule has 0 atom stereocenters. The van der Waals surface area contributed by atoms with Gasteiger partial charge in [-0.3, -0.25) is 19.8 Å². The number of guanidine groups is 1. The van der Waals surface area contributed by atoms with Crippen molar-refractivity contribution in [2.75, 3.05) is 19.6 Å². The molecule has 0 spiro atoms. The molecule has 0 amide bonds. The Balaban J connectivity index is 1.82. The van der Waals surface area contributed by atoms with Gasteiger partial charge in [0.05, 0.1) is 18.0 Å². The van der Waals surface area contributed by atoms with Crippen molar-refractivity contribution in [1.82, 2.24) is 14.7 Å². The van der Waals surface area contributed by atoms with E-state index < -0.39 is 4.92 Å². The highest BCUT2D eigenvalue weighted by atomic mass is 16.6. The molecule has 8 nitrogen and oxygen atoms in total. The van der Waals surface area contributed by atoms with E-state index in [0.717, 1.165) is 25.9 Å². The van der Waals surface area contributed by atoms with Gasteiger partial charge in [0.2, 0.25) is 0 Å². The number of hydrogen-bond acceptors (Lipinski definition) is 4. The average molecular weight is 266 g/mol. The normalized spacial score (nSPS) is 16.6. The fourth-order valence-corrected chi connectivity index (χ4v) is 2.06. The van der Waals surface area contributed by atoms with Crippen molar-refractivity contribution in [3.8, 4) is 0 Å². The Hall–Kier alpha value is -2.12. The summed E-state index contributed by atoms with van der Waals surface area (Å²) in [4.78, 5) is 16.4. The molecule has 2 N–H and O–H groups in total. The van der Waals surface area contributed by atoms with Crippen LogP contribution in [-0.2, 0) is 6.54 Å². The third-order valence-electron chi connectivity index (χ3n) is 3.11. The van der Waals surface area contributed by atoms with Gasteiger partial charge in [-0.25, -0.2) is 0 Å². The van der Waals surface area contributed by atoms with E-state index in [-0.39, 0.29) is 5.69 Å². The van der Waals surface area contributed by atoms with Crippen molar-refractivity contribution in [2.45, 2.75) is 25.8 Å². The van der Waals surface area contributed by atoms with E-state index in [0.29, 0.717) is 19.0 Å². The summed E-state index contributed by atoms with van der Waals surface area (Å²) in [5.41, 5.74) is 5.90. The van der Waals surface area contributed by atoms with E-state index in [1.807, 2.05) is 0 Å². The van der Waals surface area contributed by atoms with Crippen LogP contribution in [0.2, 0.25) is 0 Å². The molecule has 1 aliphatic heterocycles. The van der Waals surface area contributed by atoms with E-state index in [9.17, 15) is 10.1 Å². The summed E-state index contributed by atoms with van der Waals surface area (Å²) in [7, 11) is 0. The maximum Gasteiger partial charge on any atom is 0.306 e. The first-order chi connectivity index (χ1) is 9.16. The first-order valence-electron chi connectivity index (χ1n) is 6.38. The topological polar surface area (TPSA) is 103 Å². The predicted molar refractivity (Wildman–Crippen MR) is 70.8 cm³/mol. The van der Waals surface area contributed by atoms with E-state index in [1.54, 1.807) is 0 Å². The second kappa shape index (κ2) is 6.17. The summed E-state index contributed by atoms with van der Waals surface area (Å²) in [5.74, 6) is 0.557. The monoisotopic (exact) mass is 266 g/mol. The van der Waals surface area contributed by atoms with Crippen LogP contribution in [0.1, 0.15) is 19.3 Å². The minimum atomic E-state index is -0.463.